The van der Waals surface area contributed by atoms with Crippen molar-refractivity contribution in [2.24, 2.45) is 0 Å². The summed E-state index contributed by atoms with van der Waals surface area (Å²) in [6.07, 6.45) is -1.56. The topological polar surface area (TPSA) is 81.6 Å². The molecule has 1 unspecified atom stereocenters. The lowest BCUT2D eigenvalue weighted by Gasteiger charge is -2.32. The van der Waals surface area contributed by atoms with E-state index in [9.17, 15) is 28.2 Å². The predicted octanol–water partition coefficient (Wildman–Crippen LogP) is 4.51. The van der Waals surface area contributed by atoms with Gasteiger partial charge in [-0.3, -0.25) is 0 Å². The number of hydrogen-bond donors (Lipinski definition) is 4. The molecule has 5 nitrogen and oxygen atoms in total. The number of carbonyl (C=O) groups excluding carboxylic acids is 1. The van der Waals surface area contributed by atoms with Gasteiger partial charge in [0.25, 0.3) is 0 Å². The van der Waals surface area contributed by atoms with Crippen molar-refractivity contribution in [2.45, 2.75) is 62.3 Å². The number of rotatable bonds is 3. The number of nitrogens with one attached hydrogen (secondary N) is 2. The molecule has 1 atom stereocenters. The summed E-state index contributed by atoms with van der Waals surface area (Å²) in [5, 5.41) is 25.2. The fraction of sp³-hybridized carbons (Fsp3) is 0.611. The molecule has 2 aliphatic carbocycles. The van der Waals surface area contributed by atoms with Gasteiger partial charge in [-0.2, -0.15) is 13.2 Å². The van der Waals surface area contributed by atoms with E-state index in [-0.39, 0.29) is 34.3 Å². The average molecular weight is 441 g/mol. The first-order valence-corrected chi connectivity index (χ1v) is 9.80. The molecule has 2 aliphatic rings. The van der Waals surface area contributed by atoms with Crippen molar-refractivity contribution in [1.29, 1.82) is 0 Å². The second-order valence-electron chi connectivity index (χ2n) is 7.52. The molecule has 0 spiro atoms. The Bertz CT molecular complexity index is 782. The maximum Gasteiger partial charge on any atom is 0.421 e. The third-order valence-corrected chi connectivity index (χ3v) is 6.29. The number of halogens is 5. The van der Waals surface area contributed by atoms with E-state index in [4.69, 9.17) is 23.2 Å². The molecule has 1 saturated carbocycles. The zero-order chi connectivity index (χ0) is 20.7. The largest absolute Gasteiger partial charge is 0.421 e. The van der Waals surface area contributed by atoms with Crippen molar-refractivity contribution in [3.63, 3.8) is 0 Å². The summed E-state index contributed by atoms with van der Waals surface area (Å²) in [6.45, 7) is 0.0484. The van der Waals surface area contributed by atoms with Crippen LogP contribution in [0.25, 0.3) is 0 Å². The molecule has 4 N–H and O–H groups in total. The Kier molecular flexibility index (Phi) is 5.80. The molecule has 0 bridgehead atoms. The third-order valence-electron chi connectivity index (χ3n) is 5.57. The van der Waals surface area contributed by atoms with Gasteiger partial charge in [0.1, 0.15) is 0 Å². The predicted molar refractivity (Wildman–Crippen MR) is 99.8 cm³/mol. The van der Waals surface area contributed by atoms with Crippen LogP contribution >= 0.6 is 23.2 Å². The Balaban J connectivity index is 1.76. The zero-order valence-electron chi connectivity index (χ0n) is 14.9. The summed E-state index contributed by atoms with van der Waals surface area (Å²) < 4.78 is 39.8. The molecule has 1 aromatic carbocycles. The third kappa shape index (κ3) is 3.92. The Morgan fingerprint density at radius 1 is 1.14 bits per heavy atom. The van der Waals surface area contributed by atoms with Crippen molar-refractivity contribution >= 4 is 34.9 Å². The van der Waals surface area contributed by atoms with Gasteiger partial charge in [0, 0.05) is 6.54 Å². The monoisotopic (exact) mass is 440 g/mol. The lowest BCUT2D eigenvalue weighted by atomic mass is 9.85. The van der Waals surface area contributed by atoms with E-state index in [0.29, 0.717) is 12.8 Å². The van der Waals surface area contributed by atoms with Crippen molar-refractivity contribution < 1.29 is 28.2 Å². The van der Waals surface area contributed by atoms with Gasteiger partial charge in [0.05, 0.1) is 21.3 Å². The number of hydrogen-bond acceptors (Lipinski definition) is 3. The van der Waals surface area contributed by atoms with E-state index < -0.39 is 35.4 Å². The van der Waals surface area contributed by atoms with Crippen LogP contribution in [0.15, 0.2) is 6.07 Å². The van der Waals surface area contributed by atoms with Gasteiger partial charge in [-0.25, -0.2) is 4.79 Å². The van der Waals surface area contributed by atoms with E-state index >= 15 is 0 Å². The van der Waals surface area contributed by atoms with Crippen LogP contribution in [0.3, 0.4) is 0 Å². The number of amides is 2. The molecule has 28 heavy (non-hydrogen) atoms. The number of alkyl halides is 3. The average Bonchev–Trinajstić information content (AvgIpc) is 2.96. The second kappa shape index (κ2) is 7.55. The molecule has 0 aromatic heterocycles. The van der Waals surface area contributed by atoms with Crippen molar-refractivity contribution in [3.05, 3.63) is 27.2 Å². The normalized spacial score (nSPS) is 24.0. The number of carbonyl (C=O) groups is 1. The van der Waals surface area contributed by atoms with Crippen LogP contribution in [0, 0.1) is 0 Å². The van der Waals surface area contributed by atoms with E-state index in [2.05, 4.69) is 10.6 Å². The molecule has 156 valence electrons. The minimum atomic E-state index is -4.87. The standard InChI is InChI=1S/C18H21Cl2F3N2O3/c19-12-8-11-10(4-7-17(11,28)18(21,22)23)13(20)14(12)25-15(26)24-9-16(27)5-2-1-3-6-16/h8,27-28H,1-7,9H2,(H2,24,25,26). The maximum absolute atomic E-state index is 13.3. The van der Waals surface area contributed by atoms with Gasteiger partial charge in [0.15, 0.2) is 5.60 Å². The summed E-state index contributed by atoms with van der Waals surface area (Å²) in [5.41, 5.74) is -4.29. The molecule has 0 heterocycles. The molecular formula is C18H21Cl2F3N2O3. The first-order chi connectivity index (χ1) is 13.0. The van der Waals surface area contributed by atoms with Crippen LogP contribution in [0.1, 0.15) is 49.7 Å². The lowest BCUT2D eigenvalue weighted by molar-refractivity contribution is -0.265. The Morgan fingerprint density at radius 2 is 1.79 bits per heavy atom. The molecule has 1 aromatic rings. The van der Waals surface area contributed by atoms with Crippen molar-refractivity contribution in [1.82, 2.24) is 5.32 Å². The van der Waals surface area contributed by atoms with Gasteiger partial charge < -0.3 is 20.8 Å². The quantitative estimate of drug-likeness (QED) is 0.558. The summed E-state index contributed by atoms with van der Waals surface area (Å²) in [5.74, 6) is 0. The van der Waals surface area contributed by atoms with E-state index in [1.165, 1.54) is 0 Å². The van der Waals surface area contributed by atoms with Crippen LogP contribution < -0.4 is 10.6 Å². The minimum Gasteiger partial charge on any atom is -0.388 e. The fourth-order valence-electron chi connectivity index (χ4n) is 3.91. The molecule has 2 amide bonds. The highest BCUT2D eigenvalue weighted by molar-refractivity contribution is 6.40. The molecule has 10 heteroatoms. The van der Waals surface area contributed by atoms with Gasteiger partial charge in [0.2, 0.25) is 0 Å². The van der Waals surface area contributed by atoms with Crippen LogP contribution in [-0.2, 0) is 12.0 Å². The van der Waals surface area contributed by atoms with Crippen LogP contribution in [0.5, 0.6) is 0 Å². The number of fused-ring (bicyclic) bond motifs is 1. The summed E-state index contributed by atoms with van der Waals surface area (Å²) in [7, 11) is 0. The fourth-order valence-corrected chi connectivity index (χ4v) is 4.56. The molecule has 0 saturated heterocycles. The Hall–Kier alpha value is -1.22. The molecule has 1 fully saturated rings. The summed E-state index contributed by atoms with van der Waals surface area (Å²) in [6, 6.07) is 0.319. The lowest BCUT2D eigenvalue weighted by Crippen LogP contribution is -2.45. The van der Waals surface area contributed by atoms with E-state index in [0.717, 1.165) is 25.3 Å². The van der Waals surface area contributed by atoms with Crippen LogP contribution in [0.4, 0.5) is 23.7 Å². The highest BCUT2D eigenvalue weighted by Crippen LogP contribution is 2.52. The minimum absolute atomic E-state index is 0.0263. The van der Waals surface area contributed by atoms with Gasteiger partial charge in [-0.15, -0.1) is 0 Å². The summed E-state index contributed by atoms with van der Waals surface area (Å²) >= 11 is 12.3. The van der Waals surface area contributed by atoms with Crippen molar-refractivity contribution in [2.75, 3.05) is 11.9 Å². The second-order valence-corrected chi connectivity index (χ2v) is 8.31. The number of benzene rings is 1. The zero-order valence-corrected chi connectivity index (χ0v) is 16.4. The Labute approximate surface area is 170 Å². The SMILES string of the molecule is O=C(NCC1(O)CCCCC1)Nc1c(Cl)cc2c(c1Cl)CCC2(O)C(F)(F)F. The smallest absolute Gasteiger partial charge is 0.388 e. The Morgan fingerprint density at radius 3 is 2.39 bits per heavy atom. The van der Waals surface area contributed by atoms with E-state index in [1.807, 2.05) is 0 Å². The van der Waals surface area contributed by atoms with Gasteiger partial charge in [-0.1, -0.05) is 42.5 Å². The molecule has 3 rings (SSSR count). The molecular weight excluding hydrogens is 420 g/mol. The number of urea groups is 1. The van der Waals surface area contributed by atoms with Gasteiger partial charge in [-0.05, 0) is 42.9 Å². The van der Waals surface area contributed by atoms with Crippen molar-refractivity contribution in [3.8, 4) is 0 Å². The number of anilines is 1. The first kappa shape index (κ1) is 21.5. The van der Waals surface area contributed by atoms with Crippen LogP contribution in [-0.4, -0.2) is 34.6 Å². The van der Waals surface area contributed by atoms with E-state index in [1.54, 1.807) is 0 Å². The highest BCUT2D eigenvalue weighted by Gasteiger charge is 2.58. The molecule has 0 radical (unpaired) electrons. The molecule has 0 aliphatic heterocycles. The number of aliphatic hydroxyl groups is 2. The maximum atomic E-state index is 13.3. The highest BCUT2D eigenvalue weighted by atomic mass is 35.5. The van der Waals surface area contributed by atoms with Crippen LogP contribution in [0.2, 0.25) is 10.0 Å². The first-order valence-electron chi connectivity index (χ1n) is 9.04. The summed E-state index contributed by atoms with van der Waals surface area (Å²) in [4.78, 5) is 12.2. The van der Waals surface area contributed by atoms with Gasteiger partial charge >= 0.3 is 12.2 Å².